The van der Waals surface area contributed by atoms with Gasteiger partial charge in [-0.05, 0) is 58.1 Å². The molecule has 0 amide bonds. The van der Waals surface area contributed by atoms with Gasteiger partial charge in [0.05, 0.1) is 11.2 Å². The normalized spacial score (nSPS) is 34.8. The van der Waals surface area contributed by atoms with E-state index in [1.54, 1.807) is 12.1 Å². The number of benzene rings is 1. The molecule has 2 aliphatic heterocycles. The van der Waals surface area contributed by atoms with Crippen LogP contribution < -0.4 is 0 Å². The van der Waals surface area contributed by atoms with Gasteiger partial charge in [-0.15, -0.1) is 0 Å². The lowest BCUT2D eigenvalue weighted by Crippen LogP contribution is -2.62. The average molecular weight is 274 g/mol. The first kappa shape index (κ1) is 13.6. The highest BCUT2D eigenvalue weighted by atomic mass is 16.6. The molecule has 3 heteroatoms. The van der Waals surface area contributed by atoms with Crippen molar-refractivity contribution in [1.29, 1.82) is 0 Å². The molecule has 1 aromatic carbocycles. The van der Waals surface area contributed by atoms with E-state index in [1.807, 2.05) is 18.2 Å². The number of esters is 1. The zero-order chi connectivity index (χ0) is 14.4. The second-order valence-corrected chi connectivity index (χ2v) is 6.75. The van der Waals surface area contributed by atoms with Crippen LogP contribution in [0.25, 0.3) is 0 Å². The van der Waals surface area contributed by atoms with Crippen LogP contribution in [0.1, 0.15) is 50.4 Å². The SMILES string of the molecule is CC1(C)OC2(C)CCC1CC2OC(=O)c1ccccc1. The zero-order valence-electron chi connectivity index (χ0n) is 12.4. The van der Waals surface area contributed by atoms with Crippen LogP contribution >= 0.6 is 0 Å². The summed E-state index contributed by atoms with van der Waals surface area (Å²) in [6.45, 7) is 6.36. The van der Waals surface area contributed by atoms with Crippen molar-refractivity contribution < 1.29 is 14.3 Å². The van der Waals surface area contributed by atoms with Crippen LogP contribution in [0.3, 0.4) is 0 Å². The summed E-state index contributed by atoms with van der Waals surface area (Å²) in [5.41, 5.74) is 0.155. The van der Waals surface area contributed by atoms with Crippen molar-refractivity contribution in [3.8, 4) is 0 Å². The van der Waals surface area contributed by atoms with Crippen molar-refractivity contribution in [1.82, 2.24) is 0 Å². The maximum absolute atomic E-state index is 12.2. The molecule has 0 spiro atoms. The summed E-state index contributed by atoms with van der Waals surface area (Å²) >= 11 is 0. The predicted molar refractivity (Wildman–Crippen MR) is 76.6 cm³/mol. The third-order valence-corrected chi connectivity index (χ3v) is 4.91. The molecule has 0 radical (unpaired) electrons. The highest BCUT2D eigenvalue weighted by Gasteiger charge is 2.55. The Morgan fingerprint density at radius 1 is 1.25 bits per heavy atom. The van der Waals surface area contributed by atoms with E-state index in [2.05, 4.69) is 20.8 Å². The van der Waals surface area contributed by atoms with Crippen LogP contribution in [-0.2, 0) is 9.47 Å². The van der Waals surface area contributed by atoms with Crippen molar-refractivity contribution >= 4 is 5.97 Å². The quantitative estimate of drug-likeness (QED) is 0.773. The van der Waals surface area contributed by atoms with Gasteiger partial charge in [0.15, 0.2) is 0 Å². The summed E-state index contributed by atoms with van der Waals surface area (Å²) in [5, 5.41) is 0. The Morgan fingerprint density at radius 3 is 2.55 bits per heavy atom. The summed E-state index contributed by atoms with van der Waals surface area (Å²) in [5.74, 6) is 0.226. The van der Waals surface area contributed by atoms with Crippen LogP contribution in [0, 0.1) is 5.92 Å². The van der Waals surface area contributed by atoms with E-state index >= 15 is 0 Å². The molecule has 108 valence electrons. The number of carbonyl (C=O) groups is 1. The summed E-state index contributed by atoms with van der Waals surface area (Å²) < 4.78 is 12.0. The molecule has 3 unspecified atom stereocenters. The summed E-state index contributed by atoms with van der Waals surface area (Å²) in [6, 6.07) is 9.18. The molecule has 1 aliphatic carbocycles. The fourth-order valence-electron chi connectivity index (χ4n) is 3.62. The van der Waals surface area contributed by atoms with Gasteiger partial charge in [-0.25, -0.2) is 4.79 Å². The van der Waals surface area contributed by atoms with Crippen LogP contribution in [0.5, 0.6) is 0 Å². The minimum atomic E-state index is -0.345. The lowest BCUT2D eigenvalue weighted by atomic mass is 9.67. The van der Waals surface area contributed by atoms with E-state index in [1.165, 1.54) is 0 Å². The number of carbonyl (C=O) groups excluding carboxylic acids is 1. The van der Waals surface area contributed by atoms with Gasteiger partial charge >= 0.3 is 5.97 Å². The molecular formula is C17H22O3. The molecule has 1 aromatic rings. The van der Waals surface area contributed by atoms with Gasteiger partial charge in [-0.3, -0.25) is 0 Å². The van der Waals surface area contributed by atoms with Gasteiger partial charge in [0.2, 0.25) is 0 Å². The third-order valence-electron chi connectivity index (χ3n) is 4.91. The highest BCUT2D eigenvalue weighted by molar-refractivity contribution is 5.89. The van der Waals surface area contributed by atoms with Crippen molar-refractivity contribution in [3.05, 3.63) is 35.9 Å². The van der Waals surface area contributed by atoms with Crippen molar-refractivity contribution in [3.63, 3.8) is 0 Å². The van der Waals surface area contributed by atoms with E-state index < -0.39 is 0 Å². The molecule has 3 atom stereocenters. The highest BCUT2D eigenvalue weighted by Crippen LogP contribution is 2.50. The lowest BCUT2D eigenvalue weighted by Gasteiger charge is -2.56. The van der Waals surface area contributed by atoms with E-state index in [-0.39, 0.29) is 23.3 Å². The first-order valence-electron chi connectivity index (χ1n) is 7.37. The van der Waals surface area contributed by atoms with Gasteiger partial charge in [-0.1, -0.05) is 18.2 Å². The molecule has 3 nitrogen and oxygen atoms in total. The predicted octanol–water partition coefficient (Wildman–Crippen LogP) is 3.58. The maximum Gasteiger partial charge on any atom is 0.338 e. The molecule has 1 saturated carbocycles. The first-order chi connectivity index (χ1) is 9.41. The average Bonchev–Trinajstić information content (AvgIpc) is 2.40. The Labute approximate surface area is 120 Å². The second kappa shape index (κ2) is 4.59. The van der Waals surface area contributed by atoms with Gasteiger partial charge in [-0.2, -0.15) is 0 Å². The van der Waals surface area contributed by atoms with E-state index in [0.29, 0.717) is 11.5 Å². The molecular weight excluding hydrogens is 252 g/mol. The molecule has 2 heterocycles. The molecule has 2 bridgehead atoms. The Hall–Kier alpha value is -1.35. The van der Waals surface area contributed by atoms with Crippen molar-refractivity contribution in [2.75, 3.05) is 0 Å². The summed E-state index contributed by atoms with van der Waals surface area (Å²) in [4.78, 5) is 12.2. The number of hydrogen-bond donors (Lipinski definition) is 0. The maximum atomic E-state index is 12.2. The Kier molecular flexibility index (Phi) is 3.13. The molecule has 0 N–H and O–H groups in total. The fourth-order valence-corrected chi connectivity index (χ4v) is 3.62. The van der Waals surface area contributed by atoms with Crippen molar-refractivity contribution in [2.45, 2.75) is 57.3 Å². The lowest BCUT2D eigenvalue weighted by molar-refractivity contribution is -0.272. The molecule has 3 fully saturated rings. The van der Waals surface area contributed by atoms with Crippen LogP contribution in [0.15, 0.2) is 30.3 Å². The zero-order valence-corrected chi connectivity index (χ0v) is 12.4. The van der Waals surface area contributed by atoms with Gasteiger partial charge < -0.3 is 9.47 Å². The van der Waals surface area contributed by atoms with Crippen LogP contribution in [0.2, 0.25) is 0 Å². The number of ether oxygens (including phenoxy) is 2. The Morgan fingerprint density at radius 2 is 1.95 bits per heavy atom. The summed E-state index contributed by atoms with van der Waals surface area (Å²) in [6.07, 6.45) is 2.89. The summed E-state index contributed by atoms with van der Waals surface area (Å²) in [7, 11) is 0. The van der Waals surface area contributed by atoms with Crippen molar-refractivity contribution in [2.24, 2.45) is 5.92 Å². The molecule has 3 aliphatic rings. The van der Waals surface area contributed by atoms with E-state index in [0.717, 1.165) is 19.3 Å². The monoisotopic (exact) mass is 274 g/mol. The molecule has 2 saturated heterocycles. The number of fused-ring (bicyclic) bond motifs is 3. The van der Waals surface area contributed by atoms with Gasteiger partial charge in [0.1, 0.15) is 11.7 Å². The first-order valence-corrected chi connectivity index (χ1v) is 7.37. The smallest absolute Gasteiger partial charge is 0.338 e. The molecule has 0 aromatic heterocycles. The molecule has 20 heavy (non-hydrogen) atoms. The van der Waals surface area contributed by atoms with Crippen LogP contribution in [0.4, 0.5) is 0 Å². The largest absolute Gasteiger partial charge is 0.456 e. The van der Waals surface area contributed by atoms with Gasteiger partial charge in [0, 0.05) is 0 Å². The number of rotatable bonds is 2. The second-order valence-electron chi connectivity index (χ2n) is 6.75. The standard InChI is InChI=1S/C17H22O3/c1-16(2)13-9-10-17(3,20-16)14(11-13)19-15(18)12-7-5-4-6-8-12/h4-8,13-14H,9-11H2,1-3H3. The topological polar surface area (TPSA) is 35.5 Å². The third kappa shape index (κ3) is 2.24. The minimum absolute atomic E-state index is 0.108. The fraction of sp³-hybridized carbons (Fsp3) is 0.588. The minimum Gasteiger partial charge on any atom is -0.456 e. The van der Waals surface area contributed by atoms with Gasteiger partial charge in [0.25, 0.3) is 0 Å². The number of hydrogen-bond acceptors (Lipinski definition) is 3. The van der Waals surface area contributed by atoms with E-state index in [9.17, 15) is 4.79 Å². The Balaban J connectivity index is 1.75. The molecule has 4 rings (SSSR count). The Bertz CT molecular complexity index is 508. The van der Waals surface area contributed by atoms with E-state index in [4.69, 9.17) is 9.47 Å². The van der Waals surface area contributed by atoms with Crippen LogP contribution in [-0.4, -0.2) is 23.3 Å².